The van der Waals surface area contributed by atoms with Gasteiger partial charge in [-0.15, -0.1) is 9.89 Å². The molecule has 0 fully saturated rings. The third kappa shape index (κ3) is 4.37. The molecule has 2 rings (SSSR count). The fraction of sp³-hybridized carbons (Fsp3) is 0.182. The van der Waals surface area contributed by atoms with Crippen molar-refractivity contribution in [1.29, 1.82) is 0 Å². The van der Waals surface area contributed by atoms with E-state index in [9.17, 15) is 9.59 Å². The van der Waals surface area contributed by atoms with Gasteiger partial charge in [-0.25, -0.2) is 9.59 Å². The first-order chi connectivity index (χ1) is 9.58. The highest BCUT2D eigenvalue weighted by Crippen LogP contribution is 2.07. The van der Waals surface area contributed by atoms with Gasteiger partial charge in [0.05, 0.1) is 25.3 Å². The number of nitrogen functional groups attached to an aromatic ring is 1. The molecule has 20 heavy (non-hydrogen) atoms. The van der Waals surface area contributed by atoms with Crippen molar-refractivity contribution >= 4 is 11.9 Å². The van der Waals surface area contributed by atoms with Crippen LogP contribution in [0.25, 0.3) is 0 Å². The molecule has 2 N–H and O–H groups in total. The summed E-state index contributed by atoms with van der Waals surface area (Å²) in [6, 6.07) is 6.16. The zero-order chi connectivity index (χ0) is 15.0. The number of nitrogens with two attached hydrogens (primary N) is 1. The van der Waals surface area contributed by atoms with Gasteiger partial charge in [-0.05, 0) is 28.6 Å². The van der Waals surface area contributed by atoms with Crippen molar-refractivity contribution in [2.75, 3.05) is 20.1 Å². The van der Waals surface area contributed by atoms with Crippen LogP contribution in [-0.4, -0.2) is 46.5 Å². The number of aromatic nitrogens is 4. The summed E-state index contributed by atoms with van der Waals surface area (Å²) in [5.41, 5.74) is 0.658. The molecule has 2 aromatic rings. The van der Waals surface area contributed by atoms with E-state index in [-0.39, 0.29) is 0 Å². The number of carbonyl (C=O) groups excluding carboxylic acids is 2. The van der Waals surface area contributed by atoms with Crippen LogP contribution in [0, 0.1) is 0 Å². The molecule has 0 aliphatic carbocycles. The Balaban J connectivity index is 0.000000276. The highest BCUT2D eigenvalue weighted by Gasteiger charge is 2.09. The Morgan fingerprint density at radius 1 is 1.15 bits per heavy atom. The molecule has 0 amide bonds. The van der Waals surface area contributed by atoms with Crippen molar-refractivity contribution in [3.8, 4) is 0 Å². The molecule has 106 valence electrons. The lowest BCUT2D eigenvalue weighted by Gasteiger charge is -2.01. The van der Waals surface area contributed by atoms with Crippen LogP contribution < -0.4 is 5.84 Å². The fourth-order valence-corrected chi connectivity index (χ4v) is 1.18. The summed E-state index contributed by atoms with van der Waals surface area (Å²) in [6.07, 6.45) is 1.31. The molecule has 1 heterocycles. The van der Waals surface area contributed by atoms with Gasteiger partial charge < -0.3 is 15.3 Å². The van der Waals surface area contributed by atoms with Crippen LogP contribution >= 0.6 is 0 Å². The third-order valence-corrected chi connectivity index (χ3v) is 2.07. The second-order valence-electron chi connectivity index (χ2n) is 3.35. The van der Waals surface area contributed by atoms with Crippen LogP contribution in [0.15, 0.2) is 30.6 Å². The molecule has 0 saturated carbocycles. The van der Waals surface area contributed by atoms with Crippen molar-refractivity contribution in [3.05, 3.63) is 41.7 Å². The number of rotatable bonds is 2. The van der Waals surface area contributed by atoms with E-state index in [1.807, 2.05) is 0 Å². The number of ether oxygens (including phenoxy) is 2. The van der Waals surface area contributed by atoms with Gasteiger partial charge in [-0.2, -0.15) is 0 Å². The van der Waals surface area contributed by atoms with E-state index in [1.54, 1.807) is 18.2 Å². The van der Waals surface area contributed by atoms with E-state index in [0.717, 1.165) is 4.79 Å². The number of esters is 2. The Morgan fingerprint density at radius 3 is 2.00 bits per heavy atom. The molecule has 0 radical (unpaired) electrons. The maximum absolute atomic E-state index is 11.1. The maximum atomic E-state index is 11.1. The van der Waals surface area contributed by atoms with Crippen molar-refractivity contribution in [1.82, 2.24) is 20.3 Å². The van der Waals surface area contributed by atoms with Crippen molar-refractivity contribution in [3.63, 3.8) is 0 Å². The van der Waals surface area contributed by atoms with Crippen molar-refractivity contribution < 1.29 is 19.1 Å². The van der Waals surface area contributed by atoms with Gasteiger partial charge in [0.15, 0.2) is 6.33 Å². The van der Waals surface area contributed by atoms with Gasteiger partial charge in [0.1, 0.15) is 0 Å². The molecule has 9 nitrogen and oxygen atoms in total. The minimum Gasteiger partial charge on any atom is -0.465 e. The first-order valence-electron chi connectivity index (χ1n) is 5.33. The van der Waals surface area contributed by atoms with Crippen LogP contribution in [0.2, 0.25) is 0 Å². The van der Waals surface area contributed by atoms with Crippen LogP contribution in [0.3, 0.4) is 0 Å². The number of carbonyl (C=O) groups is 2. The largest absolute Gasteiger partial charge is 0.465 e. The molecule has 0 aliphatic rings. The van der Waals surface area contributed by atoms with E-state index in [1.165, 1.54) is 26.6 Å². The van der Waals surface area contributed by atoms with Crippen molar-refractivity contribution in [2.24, 2.45) is 0 Å². The first-order valence-corrected chi connectivity index (χ1v) is 5.33. The minimum atomic E-state index is -0.476. The molecule has 0 spiro atoms. The van der Waals surface area contributed by atoms with E-state index < -0.39 is 11.9 Å². The van der Waals surface area contributed by atoms with Crippen LogP contribution in [0.1, 0.15) is 20.7 Å². The smallest absolute Gasteiger partial charge is 0.337 e. The Kier molecular flexibility index (Phi) is 5.63. The Labute approximate surface area is 114 Å². The van der Waals surface area contributed by atoms with Crippen LogP contribution in [0.5, 0.6) is 0 Å². The molecular formula is C11H13N5O4. The molecular weight excluding hydrogens is 266 g/mol. The third-order valence-electron chi connectivity index (χ3n) is 2.07. The number of methoxy groups -OCH3 is 2. The van der Waals surface area contributed by atoms with Gasteiger partial charge in [0.2, 0.25) is 0 Å². The van der Waals surface area contributed by atoms with Crippen molar-refractivity contribution in [2.45, 2.75) is 0 Å². The zero-order valence-corrected chi connectivity index (χ0v) is 10.9. The van der Waals surface area contributed by atoms with Gasteiger partial charge in [-0.3, -0.25) is 0 Å². The summed E-state index contributed by atoms with van der Waals surface area (Å²) in [4.78, 5) is 23.2. The average molecular weight is 279 g/mol. The van der Waals surface area contributed by atoms with E-state index in [4.69, 9.17) is 5.84 Å². The zero-order valence-electron chi connectivity index (χ0n) is 10.9. The van der Waals surface area contributed by atoms with Crippen LogP contribution in [-0.2, 0) is 9.47 Å². The van der Waals surface area contributed by atoms with E-state index in [2.05, 4.69) is 25.0 Å². The summed E-state index contributed by atoms with van der Waals surface area (Å²) in [5.74, 6) is 4.01. The first kappa shape index (κ1) is 15.1. The van der Waals surface area contributed by atoms with Gasteiger partial charge >= 0.3 is 11.9 Å². The fourth-order valence-electron chi connectivity index (χ4n) is 1.18. The molecule has 0 atom stereocenters. The summed E-state index contributed by atoms with van der Waals surface area (Å²) in [5, 5.41) is 9.71. The summed E-state index contributed by atoms with van der Waals surface area (Å²) in [6.45, 7) is 0. The molecule has 1 aromatic carbocycles. The Morgan fingerprint density at radius 2 is 1.70 bits per heavy atom. The predicted molar refractivity (Wildman–Crippen MR) is 67.1 cm³/mol. The van der Waals surface area contributed by atoms with Crippen LogP contribution in [0.4, 0.5) is 0 Å². The number of hydrogen-bond donors (Lipinski definition) is 1. The number of hydrogen-bond acceptors (Lipinski definition) is 8. The standard InChI is InChI=1S/C10H10O4.CH3N5/c1-13-9(11)7-4-3-5-8(6-7)10(12)14-2;2-6-1-3-4-5-6/h3-6H,1-2H3;1H,2H2. The molecule has 0 saturated heterocycles. The maximum Gasteiger partial charge on any atom is 0.337 e. The predicted octanol–water partition coefficient (Wildman–Crippen LogP) is -0.353. The normalized spacial score (nSPS) is 9.10. The van der Waals surface area contributed by atoms with E-state index >= 15 is 0 Å². The summed E-state index contributed by atoms with van der Waals surface area (Å²) in [7, 11) is 2.57. The topological polar surface area (TPSA) is 122 Å². The highest BCUT2D eigenvalue weighted by molar-refractivity contribution is 5.95. The minimum absolute atomic E-state index is 0.329. The lowest BCUT2D eigenvalue weighted by atomic mass is 10.1. The Bertz CT molecular complexity index is 539. The number of nitrogens with zero attached hydrogens (tertiary/aromatic N) is 4. The lowest BCUT2D eigenvalue weighted by Crippen LogP contribution is -2.07. The monoisotopic (exact) mass is 279 g/mol. The quantitative estimate of drug-likeness (QED) is 0.584. The van der Waals surface area contributed by atoms with Gasteiger partial charge in [-0.1, -0.05) is 6.07 Å². The highest BCUT2D eigenvalue weighted by atomic mass is 16.5. The number of tetrazole rings is 1. The second-order valence-corrected chi connectivity index (χ2v) is 3.35. The SMILES string of the molecule is COC(=O)c1cccc(C(=O)OC)c1.Nn1cnnn1. The van der Waals surface area contributed by atoms with Gasteiger partial charge in [0, 0.05) is 0 Å². The molecule has 0 bridgehead atoms. The molecule has 1 aromatic heterocycles. The lowest BCUT2D eigenvalue weighted by molar-refractivity contribution is 0.0599. The van der Waals surface area contributed by atoms with Gasteiger partial charge in [0.25, 0.3) is 0 Å². The average Bonchev–Trinajstić information content (AvgIpc) is 2.97. The summed E-state index contributed by atoms with van der Waals surface area (Å²) < 4.78 is 9.03. The Hall–Kier alpha value is -2.97. The molecule has 0 aliphatic heterocycles. The molecule has 0 unspecified atom stereocenters. The van der Waals surface area contributed by atoms with E-state index in [0.29, 0.717) is 11.1 Å². The summed E-state index contributed by atoms with van der Waals surface area (Å²) >= 11 is 0. The second kappa shape index (κ2) is 7.46. The molecule has 9 heteroatoms. The number of benzene rings is 1.